The van der Waals surface area contributed by atoms with Crippen molar-refractivity contribution in [3.05, 3.63) is 105 Å². The Labute approximate surface area is 281 Å². The largest absolute Gasteiger partial charge is 0.481 e. The maximum Gasteiger partial charge on any atom is 0.223 e. The molecule has 4 aromatic heterocycles. The standard InChI is InChI=1S/C40H40N4O4/c1-25-26(2)32-20-23-44-30(15-12-29-14-17-36(46-4)42-40(29)48-6)8-7-9-33(44)37(32)38-31(25)19-22-43-21-18-27(24-34(38)43)10-11-28-13-16-35(45-3)41-39(28)47-5/h7-18,21,24H,19-20,22-23H2,1-6H3/q+2. The first kappa shape index (κ1) is 31.1. The lowest BCUT2D eigenvalue weighted by atomic mass is 9.79. The van der Waals surface area contributed by atoms with Crippen LogP contribution in [0.2, 0.25) is 0 Å². The van der Waals surface area contributed by atoms with E-state index in [0.717, 1.165) is 48.3 Å². The summed E-state index contributed by atoms with van der Waals surface area (Å²) < 4.78 is 26.5. The summed E-state index contributed by atoms with van der Waals surface area (Å²) in [4.78, 5) is 8.90. The van der Waals surface area contributed by atoms with E-state index >= 15 is 0 Å². The molecule has 8 nitrogen and oxygen atoms in total. The van der Waals surface area contributed by atoms with Gasteiger partial charge in [0.1, 0.15) is 0 Å². The van der Waals surface area contributed by atoms with Crippen molar-refractivity contribution in [2.75, 3.05) is 28.4 Å². The Morgan fingerprint density at radius 3 is 1.85 bits per heavy atom. The van der Waals surface area contributed by atoms with Crippen LogP contribution in [0.5, 0.6) is 23.5 Å². The third-order valence-corrected chi connectivity index (χ3v) is 9.63. The van der Waals surface area contributed by atoms with Gasteiger partial charge in [0.15, 0.2) is 19.3 Å². The van der Waals surface area contributed by atoms with Crippen LogP contribution in [0, 0.1) is 13.8 Å². The van der Waals surface area contributed by atoms with Gasteiger partial charge in [-0.25, -0.2) is 0 Å². The van der Waals surface area contributed by atoms with Gasteiger partial charge in [0.05, 0.1) is 39.6 Å². The number of fused-ring (bicyclic) bond motifs is 7. The van der Waals surface area contributed by atoms with Gasteiger partial charge < -0.3 is 18.9 Å². The maximum absolute atomic E-state index is 5.56. The second-order valence-corrected chi connectivity index (χ2v) is 12.1. The zero-order valence-electron chi connectivity index (χ0n) is 28.3. The van der Waals surface area contributed by atoms with Gasteiger partial charge in [-0.05, 0) is 72.0 Å². The van der Waals surface area contributed by atoms with E-state index in [1.54, 1.807) is 28.4 Å². The van der Waals surface area contributed by atoms with Crippen LogP contribution in [0.15, 0.2) is 60.8 Å². The van der Waals surface area contributed by atoms with Crippen molar-refractivity contribution in [1.82, 2.24) is 9.97 Å². The number of methoxy groups -OCH3 is 4. The van der Waals surface area contributed by atoms with Crippen LogP contribution < -0.4 is 28.1 Å². The molecule has 0 atom stereocenters. The first-order valence-corrected chi connectivity index (χ1v) is 16.2. The van der Waals surface area contributed by atoms with E-state index in [1.807, 2.05) is 30.3 Å². The van der Waals surface area contributed by atoms with E-state index in [-0.39, 0.29) is 0 Å². The summed E-state index contributed by atoms with van der Waals surface area (Å²) in [7, 11) is 6.47. The van der Waals surface area contributed by atoms with Crippen molar-refractivity contribution in [2.24, 2.45) is 0 Å². The van der Waals surface area contributed by atoms with E-state index in [2.05, 4.69) is 87.7 Å². The molecular formula is C40H40N4O4+2. The lowest BCUT2D eigenvalue weighted by molar-refractivity contribution is -0.690. The van der Waals surface area contributed by atoms with Crippen LogP contribution in [0.3, 0.4) is 0 Å². The average Bonchev–Trinajstić information content (AvgIpc) is 3.14. The summed E-state index contributed by atoms with van der Waals surface area (Å²) in [6, 6.07) is 18.7. The molecule has 48 heavy (non-hydrogen) atoms. The van der Waals surface area contributed by atoms with Gasteiger partial charge in [-0.3, -0.25) is 0 Å². The number of hydrogen-bond acceptors (Lipinski definition) is 6. The molecule has 6 heterocycles. The van der Waals surface area contributed by atoms with Gasteiger partial charge in [0.2, 0.25) is 40.6 Å². The number of aryl methyl sites for hydroxylation is 1. The molecule has 0 saturated carbocycles. The highest BCUT2D eigenvalue weighted by molar-refractivity contribution is 5.87. The molecule has 5 aromatic rings. The molecule has 0 aliphatic carbocycles. The van der Waals surface area contributed by atoms with Crippen molar-refractivity contribution in [1.29, 1.82) is 0 Å². The molecular weight excluding hydrogens is 600 g/mol. The lowest BCUT2D eigenvalue weighted by Crippen LogP contribution is -2.45. The van der Waals surface area contributed by atoms with Gasteiger partial charge >= 0.3 is 0 Å². The second-order valence-electron chi connectivity index (χ2n) is 12.1. The second kappa shape index (κ2) is 13.0. The SMILES string of the molecule is COc1ccc(/C=C/c2cc[n+]3c(c2)-c2c(c(C)c(C)c4c2-c2cccc(/C=C/c5ccc(OC)nc5OC)[n+]2CC4)CC3)c(OC)n1. The van der Waals surface area contributed by atoms with E-state index in [9.17, 15) is 0 Å². The molecule has 0 fully saturated rings. The summed E-state index contributed by atoms with van der Waals surface area (Å²) in [5, 5.41) is 0. The molecule has 0 spiro atoms. The minimum atomic E-state index is 0.524. The van der Waals surface area contributed by atoms with Gasteiger partial charge in [-0.15, -0.1) is 0 Å². The zero-order valence-corrected chi connectivity index (χ0v) is 28.3. The van der Waals surface area contributed by atoms with Crippen molar-refractivity contribution in [2.45, 2.75) is 39.8 Å². The number of pyridine rings is 4. The van der Waals surface area contributed by atoms with E-state index in [1.165, 1.54) is 44.8 Å². The van der Waals surface area contributed by atoms with Gasteiger partial charge in [-0.1, -0.05) is 6.08 Å². The van der Waals surface area contributed by atoms with E-state index < -0.39 is 0 Å². The van der Waals surface area contributed by atoms with Crippen molar-refractivity contribution in [3.8, 4) is 46.0 Å². The highest BCUT2D eigenvalue weighted by Gasteiger charge is 2.36. The Hall–Kier alpha value is -5.50. The van der Waals surface area contributed by atoms with Crippen LogP contribution in [-0.4, -0.2) is 38.4 Å². The minimum Gasteiger partial charge on any atom is -0.481 e. The quantitative estimate of drug-likeness (QED) is 0.181. The fourth-order valence-corrected chi connectivity index (χ4v) is 7.04. The molecule has 0 radical (unpaired) electrons. The first-order chi connectivity index (χ1) is 23.4. The normalized spacial score (nSPS) is 13.1. The van der Waals surface area contributed by atoms with Crippen molar-refractivity contribution >= 4 is 24.3 Å². The van der Waals surface area contributed by atoms with Gasteiger partial charge in [-0.2, -0.15) is 19.1 Å². The molecule has 0 N–H and O–H groups in total. The molecule has 8 heteroatoms. The molecule has 7 rings (SSSR count). The van der Waals surface area contributed by atoms with Crippen LogP contribution in [0.1, 0.15) is 44.6 Å². The lowest BCUT2D eigenvalue weighted by Gasteiger charge is -2.27. The monoisotopic (exact) mass is 640 g/mol. The van der Waals surface area contributed by atoms with Crippen LogP contribution in [-0.2, 0) is 25.9 Å². The maximum atomic E-state index is 5.56. The van der Waals surface area contributed by atoms with Crippen LogP contribution >= 0.6 is 0 Å². The molecule has 0 bridgehead atoms. The third-order valence-electron chi connectivity index (χ3n) is 9.63. The number of benzene rings is 1. The first-order valence-electron chi connectivity index (χ1n) is 16.2. The Morgan fingerprint density at radius 1 is 0.625 bits per heavy atom. The smallest absolute Gasteiger partial charge is 0.223 e. The molecule has 2 aliphatic rings. The Morgan fingerprint density at radius 2 is 1.23 bits per heavy atom. The average molecular weight is 641 g/mol. The van der Waals surface area contributed by atoms with E-state index in [0.29, 0.717) is 23.5 Å². The zero-order chi connectivity index (χ0) is 33.4. The number of hydrogen-bond donors (Lipinski definition) is 0. The Balaban J connectivity index is 1.33. The summed E-state index contributed by atoms with van der Waals surface area (Å²) in [6.45, 7) is 6.45. The molecule has 0 unspecified atom stereocenters. The molecule has 0 saturated heterocycles. The van der Waals surface area contributed by atoms with Crippen molar-refractivity contribution in [3.63, 3.8) is 0 Å². The Kier molecular flexibility index (Phi) is 8.40. The summed E-state index contributed by atoms with van der Waals surface area (Å²) >= 11 is 0. The predicted molar refractivity (Wildman–Crippen MR) is 187 cm³/mol. The highest BCUT2D eigenvalue weighted by Crippen LogP contribution is 2.43. The summed E-state index contributed by atoms with van der Waals surface area (Å²) in [5.41, 5.74) is 14.9. The number of nitrogens with zero attached hydrogens (tertiary/aromatic N) is 4. The molecule has 2 aliphatic heterocycles. The number of ether oxygens (including phenoxy) is 4. The third kappa shape index (κ3) is 5.47. The number of rotatable bonds is 8. The summed E-state index contributed by atoms with van der Waals surface area (Å²) in [6.07, 6.45) is 12.6. The predicted octanol–water partition coefficient (Wildman–Crippen LogP) is 6.49. The molecule has 1 aromatic carbocycles. The van der Waals surface area contributed by atoms with Crippen LogP contribution in [0.4, 0.5) is 0 Å². The topological polar surface area (TPSA) is 70.5 Å². The fraction of sp³-hybridized carbons (Fsp3) is 0.250. The summed E-state index contributed by atoms with van der Waals surface area (Å²) in [5.74, 6) is 2.11. The van der Waals surface area contributed by atoms with Crippen molar-refractivity contribution < 1.29 is 28.1 Å². The fourth-order valence-electron chi connectivity index (χ4n) is 7.04. The molecule has 242 valence electrons. The minimum absolute atomic E-state index is 0.524. The van der Waals surface area contributed by atoms with Gasteiger partial charge in [0, 0.05) is 66.4 Å². The van der Waals surface area contributed by atoms with Gasteiger partial charge in [0.25, 0.3) is 0 Å². The Bertz CT molecular complexity index is 2090. The number of aromatic nitrogens is 4. The molecule has 0 amide bonds. The van der Waals surface area contributed by atoms with Crippen LogP contribution in [0.25, 0.3) is 46.8 Å². The van der Waals surface area contributed by atoms with E-state index in [4.69, 9.17) is 18.9 Å². The highest BCUT2D eigenvalue weighted by atomic mass is 16.5.